The fourth-order valence-electron chi connectivity index (χ4n) is 2.70. The van der Waals surface area contributed by atoms with Crippen LogP contribution in [0.5, 0.6) is 5.75 Å². The molecule has 1 aliphatic rings. The van der Waals surface area contributed by atoms with Gasteiger partial charge in [0.25, 0.3) is 0 Å². The highest BCUT2D eigenvalue weighted by Crippen LogP contribution is 2.33. The van der Waals surface area contributed by atoms with Crippen LogP contribution < -0.4 is 15.4 Å². The number of nitrogens with two attached hydrogens (primary N) is 1. The maximum atomic E-state index is 6.06. The van der Waals surface area contributed by atoms with Crippen LogP contribution in [0.4, 0.5) is 5.69 Å². The Morgan fingerprint density at radius 1 is 1.42 bits per heavy atom. The molecule has 106 valence electrons. The summed E-state index contributed by atoms with van der Waals surface area (Å²) in [5.41, 5.74) is 7.13. The zero-order chi connectivity index (χ0) is 13.9. The Kier molecular flexibility index (Phi) is 4.32. The van der Waals surface area contributed by atoms with Gasteiger partial charge in [-0.1, -0.05) is 0 Å². The van der Waals surface area contributed by atoms with Crippen LogP contribution in [-0.2, 0) is 4.74 Å². The monoisotopic (exact) mass is 264 g/mol. The van der Waals surface area contributed by atoms with Gasteiger partial charge < -0.3 is 20.1 Å². The van der Waals surface area contributed by atoms with Gasteiger partial charge in [0.1, 0.15) is 5.75 Å². The molecule has 0 saturated carbocycles. The highest BCUT2D eigenvalue weighted by molar-refractivity contribution is 5.51. The lowest BCUT2D eigenvalue weighted by Gasteiger charge is -2.43. The molecule has 19 heavy (non-hydrogen) atoms. The number of nitrogens with zero attached hydrogens (tertiary/aromatic N) is 1. The van der Waals surface area contributed by atoms with E-state index in [2.05, 4.69) is 31.0 Å². The van der Waals surface area contributed by atoms with Crippen molar-refractivity contribution in [3.05, 3.63) is 24.3 Å². The van der Waals surface area contributed by atoms with Crippen molar-refractivity contribution in [1.29, 1.82) is 0 Å². The second-order valence-electron chi connectivity index (χ2n) is 5.38. The first-order valence-electron chi connectivity index (χ1n) is 6.77. The van der Waals surface area contributed by atoms with Gasteiger partial charge in [-0.05, 0) is 37.6 Å². The molecule has 0 aromatic heterocycles. The molecule has 2 atom stereocenters. The van der Waals surface area contributed by atoms with Crippen molar-refractivity contribution in [1.82, 2.24) is 0 Å². The Bertz CT molecular complexity index is 401. The van der Waals surface area contributed by atoms with Crippen LogP contribution in [0.25, 0.3) is 0 Å². The average molecular weight is 264 g/mol. The Labute approximate surface area is 115 Å². The van der Waals surface area contributed by atoms with Crippen LogP contribution in [0.3, 0.4) is 0 Å². The second-order valence-corrected chi connectivity index (χ2v) is 5.38. The zero-order valence-electron chi connectivity index (χ0n) is 12.1. The standard InChI is InChI=1S/C15H24N2O2/c1-15(11-16,12-8-9-19-10-12)17(2)13-4-6-14(18-3)7-5-13/h4-7,12H,8-11,16H2,1-3H3. The topological polar surface area (TPSA) is 47.7 Å². The number of benzene rings is 1. The van der Waals surface area contributed by atoms with E-state index in [4.69, 9.17) is 15.2 Å². The van der Waals surface area contributed by atoms with Crippen LogP contribution in [0.15, 0.2) is 24.3 Å². The molecule has 2 N–H and O–H groups in total. The van der Waals surface area contributed by atoms with Crippen molar-refractivity contribution < 1.29 is 9.47 Å². The molecule has 2 unspecified atom stereocenters. The van der Waals surface area contributed by atoms with Crippen molar-refractivity contribution in [2.75, 3.05) is 38.8 Å². The molecule has 0 amide bonds. The molecule has 0 bridgehead atoms. The van der Waals surface area contributed by atoms with Crippen molar-refractivity contribution >= 4 is 5.69 Å². The molecule has 1 aromatic carbocycles. The minimum Gasteiger partial charge on any atom is -0.497 e. The van der Waals surface area contributed by atoms with Crippen LogP contribution in [0.2, 0.25) is 0 Å². The van der Waals surface area contributed by atoms with Crippen molar-refractivity contribution in [3.8, 4) is 5.75 Å². The molecular formula is C15H24N2O2. The van der Waals surface area contributed by atoms with Gasteiger partial charge in [0.15, 0.2) is 0 Å². The van der Waals surface area contributed by atoms with Crippen molar-refractivity contribution in [2.24, 2.45) is 11.7 Å². The van der Waals surface area contributed by atoms with E-state index in [9.17, 15) is 0 Å². The van der Waals surface area contributed by atoms with Gasteiger partial charge in [0.05, 0.1) is 19.3 Å². The molecule has 4 heteroatoms. The van der Waals surface area contributed by atoms with Gasteiger partial charge in [0.2, 0.25) is 0 Å². The predicted octanol–water partition coefficient (Wildman–Crippen LogP) is 1.89. The molecule has 1 aromatic rings. The smallest absolute Gasteiger partial charge is 0.119 e. The molecule has 0 spiro atoms. The molecule has 1 fully saturated rings. The first-order chi connectivity index (χ1) is 9.11. The summed E-state index contributed by atoms with van der Waals surface area (Å²) in [7, 11) is 3.78. The lowest BCUT2D eigenvalue weighted by molar-refractivity contribution is 0.166. The fourth-order valence-corrected chi connectivity index (χ4v) is 2.70. The third-order valence-corrected chi connectivity index (χ3v) is 4.45. The van der Waals surface area contributed by atoms with Gasteiger partial charge in [0, 0.05) is 31.8 Å². The van der Waals surface area contributed by atoms with Gasteiger partial charge >= 0.3 is 0 Å². The summed E-state index contributed by atoms with van der Waals surface area (Å²) >= 11 is 0. The third kappa shape index (κ3) is 2.69. The average Bonchev–Trinajstić information content (AvgIpc) is 3.00. The summed E-state index contributed by atoms with van der Waals surface area (Å²) in [6.07, 6.45) is 1.08. The van der Waals surface area contributed by atoms with E-state index in [0.29, 0.717) is 12.5 Å². The van der Waals surface area contributed by atoms with E-state index in [0.717, 1.165) is 31.1 Å². The number of likely N-dealkylation sites (N-methyl/N-ethyl adjacent to an activating group) is 1. The van der Waals surface area contributed by atoms with E-state index in [1.165, 1.54) is 0 Å². The number of methoxy groups -OCH3 is 1. The molecule has 1 heterocycles. The highest BCUT2D eigenvalue weighted by atomic mass is 16.5. The normalized spacial score (nSPS) is 22.0. The number of hydrogen-bond donors (Lipinski definition) is 1. The summed E-state index contributed by atoms with van der Waals surface area (Å²) in [4.78, 5) is 2.27. The summed E-state index contributed by atoms with van der Waals surface area (Å²) < 4.78 is 10.7. The van der Waals surface area contributed by atoms with Gasteiger partial charge in [-0.3, -0.25) is 0 Å². The molecule has 2 rings (SSSR count). The van der Waals surface area contributed by atoms with Crippen LogP contribution in [-0.4, -0.2) is 39.5 Å². The van der Waals surface area contributed by atoms with Gasteiger partial charge in [-0.25, -0.2) is 0 Å². The number of rotatable bonds is 5. The molecular weight excluding hydrogens is 240 g/mol. The Morgan fingerprint density at radius 2 is 2.11 bits per heavy atom. The van der Waals surface area contributed by atoms with Gasteiger partial charge in [-0.2, -0.15) is 0 Å². The molecule has 1 saturated heterocycles. The van der Waals surface area contributed by atoms with E-state index in [1.54, 1.807) is 7.11 Å². The fraction of sp³-hybridized carbons (Fsp3) is 0.600. The Hall–Kier alpha value is -1.26. The van der Waals surface area contributed by atoms with E-state index >= 15 is 0 Å². The predicted molar refractivity (Wildman–Crippen MR) is 77.8 cm³/mol. The van der Waals surface area contributed by atoms with Crippen molar-refractivity contribution in [3.63, 3.8) is 0 Å². The molecule has 1 aliphatic heterocycles. The minimum absolute atomic E-state index is 0.0783. The SMILES string of the molecule is COc1ccc(N(C)C(C)(CN)C2CCOC2)cc1. The maximum absolute atomic E-state index is 6.06. The van der Waals surface area contributed by atoms with Gasteiger partial charge in [-0.15, -0.1) is 0 Å². The maximum Gasteiger partial charge on any atom is 0.119 e. The molecule has 4 nitrogen and oxygen atoms in total. The van der Waals surface area contributed by atoms with Crippen LogP contribution in [0, 0.1) is 5.92 Å². The highest BCUT2D eigenvalue weighted by Gasteiger charge is 2.39. The van der Waals surface area contributed by atoms with E-state index in [1.807, 2.05) is 12.1 Å². The number of hydrogen-bond acceptors (Lipinski definition) is 4. The first kappa shape index (κ1) is 14.2. The van der Waals surface area contributed by atoms with E-state index in [-0.39, 0.29) is 5.54 Å². The third-order valence-electron chi connectivity index (χ3n) is 4.45. The Balaban J connectivity index is 2.20. The largest absolute Gasteiger partial charge is 0.497 e. The summed E-state index contributed by atoms with van der Waals surface area (Å²) in [5.74, 6) is 1.35. The van der Waals surface area contributed by atoms with Crippen LogP contribution >= 0.6 is 0 Å². The first-order valence-corrected chi connectivity index (χ1v) is 6.77. The van der Waals surface area contributed by atoms with Crippen LogP contribution in [0.1, 0.15) is 13.3 Å². The second kappa shape index (κ2) is 5.80. The minimum atomic E-state index is -0.0783. The summed E-state index contributed by atoms with van der Waals surface area (Å²) in [6.45, 7) is 4.48. The summed E-state index contributed by atoms with van der Waals surface area (Å²) in [6, 6.07) is 8.10. The zero-order valence-corrected chi connectivity index (χ0v) is 12.1. The lowest BCUT2D eigenvalue weighted by atomic mass is 9.83. The number of ether oxygens (including phenoxy) is 2. The lowest BCUT2D eigenvalue weighted by Crippen LogP contribution is -2.55. The summed E-state index contributed by atoms with van der Waals surface area (Å²) in [5, 5.41) is 0. The van der Waals surface area contributed by atoms with Crippen molar-refractivity contribution in [2.45, 2.75) is 18.9 Å². The molecule has 0 aliphatic carbocycles. The molecule has 0 radical (unpaired) electrons. The quantitative estimate of drug-likeness (QED) is 0.882. The Morgan fingerprint density at radius 3 is 2.58 bits per heavy atom. The van der Waals surface area contributed by atoms with E-state index < -0.39 is 0 Å². The number of anilines is 1.